The van der Waals surface area contributed by atoms with E-state index in [1.54, 1.807) is 38.1 Å². The van der Waals surface area contributed by atoms with Crippen LogP contribution >= 0.6 is 0 Å². The molecule has 102 valence electrons. The summed E-state index contributed by atoms with van der Waals surface area (Å²) in [4.78, 5) is 25.5. The highest BCUT2D eigenvalue weighted by molar-refractivity contribution is 6.09. The number of methoxy groups -OCH3 is 2. The van der Waals surface area contributed by atoms with E-state index in [0.717, 1.165) is 11.3 Å². The quantitative estimate of drug-likeness (QED) is 0.775. The highest BCUT2D eigenvalue weighted by Gasteiger charge is 2.47. The van der Waals surface area contributed by atoms with E-state index in [1.807, 2.05) is 6.07 Å². The van der Waals surface area contributed by atoms with Gasteiger partial charge in [-0.1, -0.05) is 0 Å². The first kappa shape index (κ1) is 13.4. The van der Waals surface area contributed by atoms with Gasteiger partial charge in [0.1, 0.15) is 5.75 Å². The zero-order chi connectivity index (χ0) is 14.2. The zero-order valence-corrected chi connectivity index (χ0v) is 11.5. The highest BCUT2D eigenvalue weighted by Crippen LogP contribution is 2.44. The van der Waals surface area contributed by atoms with Gasteiger partial charge in [-0.3, -0.25) is 9.59 Å². The number of amides is 1. The number of hydrogen-bond acceptors (Lipinski definition) is 4. The predicted molar refractivity (Wildman–Crippen MR) is 70.4 cm³/mol. The SMILES string of the molecule is COC(=O)CC1(C)C(=O)N(C)c2ccc(OC)cc21. The lowest BCUT2D eigenvalue weighted by Gasteiger charge is -2.21. The molecule has 1 atom stereocenters. The molecule has 1 amide bonds. The van der Waals surface area contributed by atoms with Gasteiger partial charge in [0.2, 0.25) is 5.91 Å². The Hall–Kier alpha value is -2.04. The molecule has 0 saturated heterocycles. The fraction of sp³-hybridized carbons (Fsp3) is 0.429. The Balaban J connectivity index is 2.52. The van der Waals surface area contributed by atoms with Gasteiger partial charge in [-0.2, -0.15) is 0 Å². The van der Waals surface area contributed by atoms with Crippen molar-refractivity contribution in [1.82, 2.24) is 0 Å². The van der Waals surface area contributed by atoms with Crippen LogP contribution in [0.25, 0.3) is 0 Å². The van der Waals surface area contributed by atoms with Crippen molar-refractivity contribution in [2.75, 3.05) is 26.2 Å². The molecule has 1 aromatic carbocycles. The molecule has 0 saturated carbocycles. The van der Waals surface area contributed by atoms with Gasteiger partial charge in [0.05, 0.1) is 26.1 Å². The first-order valence-corrected chi connectivity index (χ1v) is 5.97. The number of rotatable bonds is 3. The molecule has 1 aromatic rings. The third kappa shape index (κ3) is 1.95. The Morgan fingerprint density at radius 1 is 1.37 bits per heavy atom. The summed E-state index contributed by atoms with van der Waals surface area (Å²) in [6.45, 7) is 1.76. The van der Waals surface area contributed by atoms with Crippen LogP contribution in [0.3, 0.4) is 0 Å². The molecule has 5 nitrogen and oxygen atoms in total. The average Bonchev–Trinajstić information content (AvgIpc) is 2.60. The molecule has 19 heavy (non-hydrogen) atoms. The number of likely N-dealkylation sites (N-methyl/N-ethyl adjacent to an activating group) is 1. The molecule has 0 spiro atoms. The number of hydrogen-bond donors (Lipinski definition) is 0. The minimum atomic E-state index is -0.897. The number of carbonyl (C=O) groups excluding carboxylic acids is 2. The van der Waals surface area contributed by atoms with Crippen LogP contribution in [0, 0.1) is 0 Å². The molecule has 0 radical (unpaired) electrons. The van der Waals surface area contributed by atoms with Gasteiger partial charge in [-0.15, -0.1) is 0 Å². The van der Waals surface area contributed by atoms with E-state index in [2.05, 4.69) is 0 Å². The van der Waals surface area contributed by atoms with Crippen molar-refractivity contribution >= 4 is 17.6 Å². The summed E-state index contributed by atoms with van der Waals surface area (Å²) in [6.07, 6.45) is 0.0207. The number of anilines is 1. The molecule has 2 rings (SSSR count). The summed E-state index contributed by atoms with van der Waals surface area (Å²) < 4.78 is 9.88. The van der Waals surface area contributed by atoms with Gasteiger partial charge >= 0.3 is 5.97 Å². The molecule has 0 bridgehead atoms. The van der Waals surface area contributed by atoms with Gasteiger partial charge in [-0.05, 0) is 30.7 Å². The molecule has 5 heteroatoms. The van der Waals surface area contributed by atoms with Gasteiger partial charge in [-0.25, -0.2) is 0 Å². The molecule has 1 heterocycles. The molecule has 0 aromatic heterocycles. The van der Waals surface area contributed by atoms with Crippen molar-refractivity contribution in [1.29, 1.82) is 0 Å². The van der Waals surface area contributed by atoms with Crippen molar-refractivity contribution < 1.29 is 19.1 Å². The fourth-order valence-corrected chi connectivity index (χ4v) is 2.50. The van der Waals surface area contributed by atoms with E-state index in [1.165, 1.54) is 7.11 Å². The monoisotopic (exact) mass is 263 g/mol. The van der Waals surface area contributed by atoms with Crippen molar-refractivity contribution in [3.63, 3.8) is 0 Å². The fourth-order valence-electron chi connectivity index (χ4n) is 2.50. The first-order chi connectivity index (χ1) is 8.93. The lowest BCUT2D eigenvalue weighted by molar-refractivity contribution is -0.144. The van der Waals surface area contributed by atoms with E-state index >= 15 is 0 Å². The Bertz CT molecular complexity index is 540. The summed E-state index contributed by atoms with van der Waals surface area (Å²) >= 11 is 0. The van der Waals surface area contributed by atoms with E-state index in [9.17, 15) is 9.59 Å². The molecular formula is C14H17NO4. The molecule has 0 N–H and O–H groups in total. The second-order valence-corrected chi connectivity index (χ2v) is 4.83. The normalized spacial score (nSPS) is 21.3. The van der Waals surface area contributed by atoms with Crippen molar-refractivity contribution in [2.45, 2.75) is 18.8 Å². The Morgan fingerprint density at radius 2 is 2.05 bits per heavy atom. The highest BCUT2D eigenvalue weighted by atomic mass is 16.5. The Kier molecular flexibility index (Phi) is 3.22. The van der Waals surface area contributed by atoms with Crippen LogP contribution < -0.4 is 9.64 Å². The number of esters is 1. The maximum absolute atomic E-state index is 12.4. The minimum absolute atomic E-state index is 0.0207. The molecule has 1 aliphatic rings. The van der Waals surface area contributed by atoms with E-state index in [-0.39, 0.29) is 12.3 Å². The van der Waals surface area contributed by atoms with E-state index < -0.39 is 11.4 Å². The second kappa shape index (κ2) is 4.57. The van der Waals surface area contributed by atoms with Gasteiger partial charge in [0, 0.05) is 12.7 Å². The van der Waals surface area contributed by atoms with Crippen LogP contribution in [0.1, 0.15) is 18.9 Å². The average molecular weight is 263 g/mol. The summed E-state index contributed by atoms with van der Waals surface area (Å²) in [5, 5.41) is 0. The number of benzene rings is 1. The van der Waals surface area contributed by atoms with Crippen LogP contribution in [0.5, 0.6) is 5.75 Å². The molecule has 1 unspecified atom stereocenters. The summed E-state index contributed by atoms with van der Waals surface area (Å²) in [6, 6.07) is 5.43. The molecular weight excluding hydrogens is 246 g/mol. The van der Waals surface area contributed by atoms with Crippen LogP contribution in [-0.4, -0.2) is 33.1 Å². The van der Waals surface area contributed by atoms with Crippen molar-refractivity contribution in [2.24, 2.45) is 0 Å². The van der Waals surface area contributed by atoms with Gasteiger partial charge < -0.3 is 14.4 Å². The van der Waals surface area contributed by atoms with Gasteiger partial charge in [0.25, 0.3) is 0 Å². The molecule has 0 aliphatic carbocycles. The summed E-state index contributed by atoms with van der Waals surface area (Å²) in [5.41, 5.74) is 0.702. The van der Waals surface area contributed by atoms with Gasteiger partial charge in [0.15, 0.2) is 0 Å². The van der Waals surface area contributed by atoms with Crippen LogP contribution in [0.2, 0.25) is 0 Å². The Morgan fingerprint density at radius 3 is 2.63 bits per heavy atom. The van der Waals surface area contributed by atoms with E-state index in [4.69, 9.17) is 9.47 Å². The number of fused-ring (bicyclic) bond motifs is 1. The standard InChI is InChI=1S/C14H17NO4/c1-14(8-12(16)19-4)10-7-9(18-3)5-6-11(10)15(2)13(14)17/h5-7H,8H2,1-4H3. The smallest absolute Gasteiger partial charge is 0.306 e. The molecule has 1 aliphatic heterocycles. The lowest BCUT2D eigenvalue weighted by Crippen LogP contribution is -2.38. The predicted octanol–water partition coefficient (Wildman–Crippen LogP) is 1.49. The topological polar surface area (TPSA) is 55.8 Å². The second-order valence-electron chi connectivity index (χ2n) is 4.83. The third-order valence-corrected chi connectivity index (χ3v) is 3.66. The van der Waals surface area contributed by atoms with Crippen molar-refractivity contribution in [3.8, 4) is 5.75 Å². The Labute approximate surface area is 112 Å². The zero-order valence-electron chi connectivity index (χ0n) is 11.5. The van der Waals surface area contributed by atoms with Crippen molar-refractivity contribution in [3.05, 3.63) is 23.8 Å². The molecule has 0 fully saturated rings. The van der Waals surface area contributed by atoms with E-state index in [0.29, 0.717) is 5.75 Å². The summed E-state index contributed by atoms with van der Waals surface area (Å²) in [7, 11) is 4.59. The lowest BCUT2D eigenvalue weighted by atomic mass is 9.80. The van der Waals surface area contributed by atoms with Crippen LogP contribution in [0.4, 0.5) is 5.69 Å². The minimum Gasteiger partial charge on any atom is -0.497 e. The van der Waals surface area contributed by atoms with Crippen LogP contribution in [-0.2, 0) is 19.7 Å². The maximum Gasteiger partial charge on any atom is 0.306 e. The largest absolute Gasteiger partial charge is 0.497 e. The number of ether oxygens (including phenoxy) is 2. The maximum atomic E-state index is 12.4. The first-order valence-electron chi connectivity index (χ1n) is 5.97. The number of carbonyl (C=O) groups is 2. The van der Waals surface area contributed by atoms with Crippen LogP contribution in [0.15, 0.2) is 18.2 Å². The summed E-state index contributed by atoms with van der Waals surface area (Å²) in [5.74, 6) is 0.152. The third-order valence-electron chi connectivity index (χ3n) is 3.66. The number of nitrogens with zero attached hydrogens (tertiary/aromatic N) is 1.